The zero-order valence-electron chi connectivity index (χ0n) is 16.2. The lowest BCUT2D eigenvalue weighted by molar-refractivity contribution is -0.384. The third-order valence-corrected chi connectivity index (χ3v) is 5.65. The molecule has 0 aliphatic carbocycles. The number of carbonyl (C=O) groups excluding carboxylic acids is 1. The lowest BCUT2D eigenvalue weighted by Crippen LogP contribution is -2.29. The molecule has 0 bridgehead atoms. The van der Waals surface area contributed by atoms with E-state index < -0.39 is 22.3 Å². The van der Waals surface area contributed by atoms with Crippen LogP contribution in [0.15, 0.2) is 56.2 Å². The quantitative estimate of drug-likeness (QED) is 0.302. The van der Waals surface area contributed by atoms with E-state index in [0.717, 1.165) is 0 Å². The fourth-order valence-corrected chi connectivity index (χ4v) is 4.36. The van der Waals surface area contributed by atoms with E-state index in [-0.39, 0.29) is 43.8 Å². The maximum atomic E-state index is 13.5. The van der Waals surface area contributed by atoms with Crippen molar-refractivity contribution in [3.63, 3.8) is 0 Å². The third kappa shape index (κ3) is 2.97. The Morgan fingerprint density at radius 2 is 1.94 bits per heavy atom. The number of hydrogen-bond acceptors (Lipinski definition) is 7. The van der Waals surface area contributed by atoms with Gasteiger partial charge in [0.05, 0.1) is 26.9 Å². The Labute approximate surface area is 188 Å². The van der Waals surface area contributed by atoms with Gasteiger partial charge >= 0.3 is 0 Å². The summed E-state index contributed by atoms with van der Waals surface area (Å²) in [6.07, 6.45) is 0. The van der Waals surface area contributed by atoms with Gasteiger partial charge in [-0.15, -0.1) is 0 Å². The summed E-state index contributed by atoms with van der Waals surface area (Å²) in [6.45, 7) is 1.64. The van der Waals surface area contributed by atoms with Crippen LogP contribution in [-0.2, 0) is 0 Å². The molecule has 0 spiro atoms. The number of carbonyl (C=O) groups is 1. The Morgan fingerprint density at radius 1 is 1.16 bits per heavy atom. The molecule has 4 aromatic rings. The second-order valence-electron chi connectivity index (χ2n) is 7.16. The zero-order valence-corrected chi connectivity index (χ0v) is 17.7. The molecule has 3 heterocycles. The van der Waals surface area contributed by atoms with E-state index in [4.69, 9.17) is 32.1 Å². The number of non-ortho nitro benzene ring substituents is 1. The maximum absolute atomic E-state index is 13.5. The highest BCUT2D eigenvalue weighted by Gasteiger charge is 2.45. The number of aryl methyl sites for hydroxylation is 1. The zero-order chi connectivity index (χ0) is 22.7. The van der Waals surface area contributed by atoms with Gasteiger partial charge in [-0.25, -0.2) is 0 Å². The van der Waals surface area contributed by atoms with Crippen LogP contribution in [-0.4, -0.2) is 16.0 Å². The molecule has 5 rings (SSSR count). The summed E-state index contributed by atoms with van der Waals surface area (Å²) in [5.74, 6) is -0.331. The number of anilines is 1. The minimum absolute atomic E-state index is 0.00184. The minimum Gasteiger partial charge on any atom is -0.449 e. The fourth-order valence-electron chi connectivity index (χ4n) is 3.83. The van der Waals surface area contributed by atoms with Crippen molar-refractivity contribution in [2.45, 2.75) is 13.0 Å². The summed E-state index contributed by atoms with van der Waals surface area (Å²) in [7, 11) is 0. The third-order valence-electron chi connectivity index (χ3n) is 5.15. The van der Waals surface area contributed by atoms with Gasteiger partial charge < -0.3 is 8.94 Å². The van der Waals surface area contributed by atoms with Crippen molar-refractivity contribution in [1.29, 1.82) is 0 Å². The van der Waals surface area contributed by atoms with Crippen molar-refractivity contribution in [2.24, 2.45) is 0 Å². The number of fused-ring (bicyclic) bond motifs is 2. The number of nitrogens with zero attached hydrogens (tertiary/aromatic N) is 3. The largest absolute Gasteiger partial charge is 0.449 e. The van der Waals surface area contributed by atoms with Crippen LogP contribution in [0, 0.1) is 17.0 Å². The SMILES string of the molecule is Cc1cc(N2C(=O)c3oc4c(Cl)cc(Cl)cc4c(=O)c3[C@H]2c2cccc([N+](=O)[O-])c2)no1. The van der Waals surface area contributed by atoms with Crippen molar-refractivity contribution in [1.82, 2.24) is 5.16 Å². The van der Waals surface area contributed by atoms with Crippen LogP contribution >= 0.6 is 23.2 Å². The molecule has 0 saturated heterocycles. The number of halogens is 2. The highest BCUT2D eigenvalue weighted by molar-refractivity contribution is 6.38. The molecule has 9 nitrogen and oxygen atoms in total. The van der Waals surface area contributed by atoms with Gasteiger partial charge in [-0.1, -0.05) is 40.5 Å². The average molecular weight is 472 g/mol. The van der Waals surface area contributed by atoms with Crippen molar-refractivity contribution in [2.75, 3.05) is 4.90 Å². The van der Waals surface area contributed by atoms with Gasteiger partial charge in [0.15, 0.2) is 16.8 Å². The van der Waals surface area contributed by atoms with Gasteiger partial charge in [-0.3, -0.25) is 24.6 Å². The number of nitro groups is 1. The summed E-state index contributed by atoms with van der Waals surface area (Å²) < 4.78 is 10.9. The van der Waals surface area contributed by atoms with Crippen LogP contribution in [0.1, 0.15) is 33.5 Å². The normalized spacial score (nSPS) is 15.4. The molecule has 0 radical (unpaired) electrons. The molecule has 0 saturated carbocycles. The molecule has 32 heavy (non-hydrogen) atoms. The number of hydrogen-bond donors (Lipinski definition) is 0. The van der Waals surface area contributed by atoms with E-state index >= 15 is 0 Å². The van der Waals surface area contributed by atoms with Crippen LogP contribution in [0.4, 0.5) is 11.5 Å². The smallest absolute Gasteiger partial charge is 0.296 e. The van der Waals surface area contributed by atoms with E-state index in [1.54, 1.807) is 13.0 Å². The van der Waals surface area contributed by atoms with E-state index in [1.165, 1.54) is 41.3 Å². The lowest BCUT2D eigenvalue weighted by atomic mass is 9.98. The second-order valence-corrected chi connectivity index (χ2v) is 8.01. The van der Waals surface area contributed by atoms with E-state index in [0.29, 0.717) is 11.3 Å². The van der Waals surface area contributed by atoms with Gasteiger partial charge in [0.2, 0.25) is 5.76 Å². The molecule has 0 unspecified atom stereocenters. The molecular weight excluding hydrogens is 461 g/mol. The molecule has 11 heteroatoms. The van der Waals surface area contributed by atoms with Crippen LogP contribution in [0.3, 0.4) is 0 Å². The Kier molecular flexibility index (Phi) is 4.54. The van der Waals surface area contributed by atoms with Gasteiger partial charge in [0.1, 0.15) is 5.76 Å². The highest BCUT2D eigenvalue weighted by Crippen LogP contribution is 2.42. The fraction of sp³-hybridized carbons (Fsp3) is 0.0952. The number of rotatable bonds is 3. The molecule has 160 valence electrons. The molecule has 0 N–H and O–H groups in total. The van der Waals surface area contributed by atoms with Gasteiger partial charge in [0.25, 0.3) is 11.6 Å². The average Bonchev–Trinajstić information content (AvgIpc) is 3.30. The van der Waals surface area contributed by atoms with Crippen LogP contribution in [0.25, 0.3) is 11.0 Å². The standard InChI is InChI=1S/C21H11Cl2N3O6/c1-9-5-15(24-32-9)25-17(10-3-2-4-12(6-10)26(29)30)16-18(27)13-7-11(22)8-14(23)19(13)31-20(16)21(25)28/h2-8,17H,1H3/t17-/m1/s1. The molecule has 1 aliphatic rings. The van der Waals surface area contributed by atoms with Crippen molar-refractivity contribution in [3.8, 4) is 0 Å². The summed E-state index contributed by atoms with van der Waals surface area (Å²) in [6, 6.07) is 8.93. The van der Waals surface area contributed by atoms with Crippen LogP contribution in [0.5, 0.6) is 0 Å². The van der Waals surface area contributed by atoms with Crippen molar-refractivity contribution in [3.05, 3.63) is 95.5 Å². The number of amides is 1. The van der Waals surface area contributed by atoms with E-state index in [2.05, 4.69) is 5.16 Å². The molecular formula is C21H11Cl2N3O6. The molecule has 1 amide bonds. The summed E-state index contributed by atoms with van der Waals surface area (Å²) >= 11 is 12.3. The molecule has 2 aromatic heterocycles. The molecule has 1 atom stereocenters. The Morgan fingerprint density at radius 3 is 2.62 bits per heavy atom. The Balaban J connectivity index is 1.85. The van der Waals surface area contributed by atoms with E-state index in [9.17, 15) is 19.7 Å². The first-order valence-corrected chi connectivity index (χ1v) is 9.99. The van der Waals surface area contributed by atoms with Gasteiger partial charge in [-0.2, -0.15) is 0 Å². The predicted molar refractivity (Wildman–Crippen MR) is 115 cm³/mol. The van der Waals surface area contributed by atoms with Gasteiger partial charge in [0, 0.05) is 23.2 Å². The Bertz CT molecular complexity index is 1510. The van der Waals surface area contributed by atoms with Crippen molar-refractivity contribution >= 4 is 51.6 Å². The second kappa shape index (κ2) is 7.18. The highest BCUT2D eigenvalue weighted by atomic mass is 35.5. The maximum Gasteiger partial charge on any atom is 0.296 e. The first-order chi connectivity index (χ1) is 15.3. The van der Waals surface area contributed by atoms with E-state index in [1.807, 2.05) is 0 Å². The number of nitro benzene ring substituents is 1. The van der Waals surface area contributed by atoms with Crippen LogP contribution in [0.2, 0.25) is 10.0 Å². The predicted octanol–water partition coefficient (Wildman–Crippen LogP) is 5.05. The Hall–Kier alpha value is -3.69. The van der Waals surface area contributed by atoms with Crippen LogP contribution < -0.4 is 10.3 Å². The van der Waals surface area contributed by atoms with Crippen molar-refractivity contribution < 1.29 is 18.7 Å². The summed E-state index contributed by atoms with van der Waals surface area (Å²) in [4.78, 5) is 38.9. The first-order valence-electron chi connectivity index (χ1n) is 9.23. The molecule has 0 fully saturated rings. The number of benzene rings is 2. The number of aromatic nitrogens is 1. The summed E-state index contributed by atoms with van der Waals surface area (Å²) in [5.41, 5.74) is -0.382. The minimum atomic E-state index is -1.04. The first kappa shape index (κ1) is 20.2. The molecule has 1 aliphatic heterocycles. The summed E-state index contributed by atoms with van der Waals surface area (Å²) in [5, 5.41) is 15.6. The van der Waals surface area contributed by atoms with Gasteiger partial charge in [-0.05, 0) is 24.6 Å². The topological polar surface area (TPSA) is 120 Å². The lowest BCUT2D eigenvalue weighted by Gasteiger charge is -2.22. The monoisotopic (exact) mass is 471 g/mol. The molecule has 2 aromatic carbocycles.